The highest BCUT2D eigenvalue weighted by Crippen LogP contribution is 2.29. The van der Waals surface area contributed by atoms with Gasteiger partial charge in [-0.2, -0.15) is 0 Å². The minimum atomic E-state index is -0.569. The van der Waals surface area contributed by atoms with Crippen molar-refractivity contribution in [2.45, 2.75) is 25.8 Å². The average molecular weight is 428 g/mol. The van der Waals surface area contributed by atoms with E-state index >= 15 is 0 Å². The Bertz CT molecular complexity index is 750. The third kappa shape index (κ3) is 6.79. The lowest BCUT2D eigenvalue weighted by atomic mass is 10.0. The van der Waals surface area contributed by atoms with E-state index in [0.717, 1.165) is 0 Å². The van der Waals surface area contributed by atoms with Crippen LogP contribution < -0.4 is 15.8 Å². The Hall–Kier alpha value is -2.52. The number of ether oxygens (including phenoxy) is 3. The first kappa shape index (κ1) is 22.8. The number of nitrogens with two attached hydrogens (primary N) is 1. The van der Waals surface area contributed by atoms with Gasteiger partial charge in [0, 0.05) is 25.2 Å². The lowest BCUT2D eigenvalue weighted by Crippen LogP contribution is -2.46. The van der Waals surface area contributed by atoms with Crippen molar-refractivity contribution in [3.8, 4) is 5.75 Å². The van der Waals surface area contributed by atoms with Crippen molar-refractivity contribution >= 4 is 35.1 Å². The van der Waals surface area contributed by atoms with Crippen molar-refractivity contribution in [1.29, 1.82) is 0 Å². The molecule has 0 bridgehead atoms. The number of carbonyl (C=O) groups excluding carboxylic acids is 3. The summed E-state index contributed by atoms with van der Waals surface area (Å²) in [7, 11) is 1.46. The number of rotatable bonds is 8. The van der Waals surface area contributed by atoms with Gasteiger partial charge in [0.2, 0.25) is 0 Å². The number of halogens is 1. The number of anilines is 1. The van der Waals surface area contributed by atoms with Crippen LogP contribution in [-0.4, -0.2) is 68.7 Å². The first-order valence-electron chi connectivity index (χ1n) is 9.31. The summed E-state index contributed by atoms with van der Waals surface area (Å²) in [4.78, 5) is 37.5. The molecular formula is C19H26ClN3O6. The van der Waals surface area contributed by atoms with E-state index < -0.39 is 11.9 Å². The standard InChI is InChI=1S/C19H26ClN3O6/c1-3-28-18(25)11-29-17(24)10-23-6-4-12(5-7-23)22-19(26)13-8-14(20)15(21)9-16(13)27-2/h8-9,12H,3-7,10-11,21H2,1-2H3,(H,22,26). The molecule has 1 aromatic rings. The van der Waals surface area contributed by atoms with E-state index in [1.807, 2.05) is 4.90 Å². The molecule has 1 aromatic carbocycles. The van der Waals surface area contributed by atoms with Gasteiger partial charge >= 0.3 is 11.9 Å². The second-order valence-corrected chi connectivity index (χ2v) is 6.97. The van der Waals surface area contributed by atoms with Gasteiger partial charge in [0.25, 0.3) is 5.91 Å². The van der Waals surface area contributed by atoms with E-state index in [4.69, 9.17) is 31.5 Å². The summed E-state index contributed by atoms with van der Waals surface area (Å²) in [6.07, 6.45) is 1.34. The van der Waals surface area contributed by atoms with Crippen LogP contribution >= 0.6 is 11.6 Å². The number of benzene rings is 1. The summed E-state index contributed by atoms with van der Waals surface area (Å²) in [5.41, 5.74) is 6.40. The number of carbonyl (C=O) groups is 3. The molecule has 0 atom stereocenters. The quantitative estimate of drug-likeness (QED) is 0.469. The molecule has 1 fully saturated rings. The van der Waals surface area contributed by atoms with Crippen LogP contribution in [0.25, 0.3) is 0 Å². The van der Waals surface area contributed by atoms with Gasteiger partial charge in [-0.1, -0.05) is 11.6 Å². The number of amides is 1. The van der Waals surface area contributed by atoms with Crippen LogP contribution in [-0.2, 0) is 19.1 Å². The van der Waals surface area contributed by atoms with Gasteiger partial charge in [0.05, 0.1) is 36.5 Å². The van der Waals surface area contributed by atoms with E-state index in [2.05, 4.69) is 5.32 Å². The maximum Gasteiger partial charge on any atom is 0.344 e. The molecule has 3 N–H and O–H groups in total. The van der Waals surface area contributed by atoms with Crippen molar-refractivity contribution in [1.82, 2.24) is 10.2 Å². The number of nitrogen functional groups attached to an aromatic ring is 1. The van der Waals surface area contributed by atoms with Crippen molar-refractivity contribution < 1.29 is 28.6 Å². The minimum Gasteiger partial charge on any atom is -0.496 e. The lowest BCUT2D eigenvalue weighted by molar-refractivity contribution is -0.159. The molecule has 0 spiro atoms. The summed E-state index contributed by atoms with van der Waals surface area (Å²) in [5.74, 6) is -0.996. The predicted octanol–water partition coefficient (Wildman–Crippen LogP) is 1.23. The van der Waals surface area contributed by atoms with Crippen molar-refractivity contribution in [2.24, 2.45) is 0 Å². The number of esters is 2. The monoisotopic (exact) mass is 427 g/mol. The largest absolute Gasteiger partial charge is 0.496 e. The Kier molecular flexibility index (Phi) is 8.53. The highest BCUT2D eigenvalue weighted by molar-refractivity contribution is 6.33. The summed E-state index contributed by atoms with van der Waals surface area (Å²) in [5, 5.41) is 3.25. The fourth-order valence-corrected chi connectivity index (χ4v) is 3.15. The second kappa shape index (κ2) is 10.9. The summed E-state index contributed by atoms with van der Waals surface area (Å²) < 4.78 is 14.8. The Morgan fingerprint density at radius 2 is 1.90 bits per heavy atom. The van der Waals surface area contributed by atoms with Crippen molar-refractivity contribution in [2.75, 3.05) is 45.7 Å². The molecular weight excluding hydrogens is 402 g/mol. The van der Waals surface area contributed by atoms with E-state index in [9.17, 15) is 14.4 Å². The Morgan fingerprint density at radius 1 is 1.21 bits per heavy atom. The highest BCUT2D eigenvalue weighted by Gasteiger charge is 2.24. The summed E-state index contributed by atoms with van der Waals surface area (Å²) in [6.45, 7) is 2.84. The zero-order valence-corrected chi connectivity index (χ0v) is 17.3. The number of hydrogen-bond donors (Lipinski definition) is 2. The van der Waals surface area contributed by atoms with Crippen LogP contribution in [0, 0.1) is 0 Å². The summed E-state index contributed by atoms with van der Waals surface area (Å²) in [6, 6.07) is 2.96. The molecule has 0 aromatic heterocycles. The Balaban J connectivity index is 1.80. The van der Waals surface area contributed by atoms with Crippen molar-refractivity contribution in [3.05, 3.63) is 22.7 Å². The van der Waals surface area contributed by atoms with Gasteiger partial charge in [-0.15, -0.1) is 0 Å². The topological polar surface area (TPSA) is 120 Å². The van der Waals surface area contributed by atoms with Gasteiger partial charge in [-0.3, -0.25) is 14.5 Å². The zero-order valence-electron chi connectivity index (χ0n) is 16.5. The van der Waals surface area contributed by atoms with E-state index in [0.29, 0.717) is 42.9 Å². The van der Waals surface area contributed by atoms with Crippen LogP contribution in [0.15, 0.2) is 12.1 Å². The van der Waals surface area contributed by atoms with Crippen LogP contribution in [0.4, 0.5) is 5.69 Å². The molecule has 0 radical (unpaired) electrons. The van der Waals surface area contributed by atoms with Gasteiger partial charge in [-0.25, -0.2) is 4.79 Å². The molecule has 9 nitrogen and oxygen atoms in total. The first-order chi connectivity index (χ1) is 13.8. The summed E-state index contributed by atoms with van der Waals surface area (Å²) >= 11 is 6.02. The molecule has 0 aliphatic carbocycles. The third-order valence-electron chi connectivity index (χ3n) is 4.50. The van der Waals surface area contributed by atoms with E-state index in [1.54, 1.807) is 6.92 Å². The number of likely N-dealkylation sites (tertiary alicyclic amines) is 1. The van der Waals surface area contributed by atoms with Gasteiger partial charge in [0.1, 0.15) is 5.75 Å². The van der Waals surface area contributed by atoms with E-state index in [-0.39, 0.29) is 36.7 Å². The normalized spacial score (nSPS) is 14.9. The minimum absolute atomic E-state index is 0.0460. The highest BCUT2D eigenvalue weighted by atomic mass is 35.5. The molecule has 1 aliphatic heterocycles. The van der Waals surface area contributed by atoms with E-state index in [1.165, 1.54) is 19.2 Å². The number of methoxy groups -OCH3 is 1. The molecule has 0 saturated carbocycles. The second-order valence-electron chi connectivity index (χ2n) is 6.56. The van der Waals surface area contributed by atoms with Gasteiger partial charge < -0.3 is 25.3 Å². The molecule has 2 rings (SSSR count). The maximum atomic E-state index is 12.6. The maximum absolute atomic E-state index is 12.6. The molecule has 1 heterocycles. The molecule has 1 saturated heterocycles. The molecule has 10 heteroatoms. The molecule has 1 aliphatic rings. The Labute approximate surface area is 174 Å². The third-order valence-corrected chi connectivity index (χ3v) is 4.82. The van der Waals surface area contributed by atoms with Crippen molar-refractivity contribution in [3.63, 3.8) is 0 Å². The average Bonchev–Trinajstić information content (AvgIpc) is 2.69. The molecule has 0 unspecified atom stereocenters. The molecule has 160 valence electrons. The fraction of sp³-hybridized carbons (Fsp3) is 0.526. The van der Waals surface area contributed by atoms with Crippen LogP contribution in [0.2, 0.25) is 5.02 Å². The van der Waals surface area contributed by atoms with Crippen LogP contribution in [0.3, 0.4) is 0 Å². The number of hydrogen-bond acceptors (Lipinski definition) is 8. The van der Waals surface area contributed by atoms with Gasteiger partial charge in [-0.05, 0) is 25.8 Å². The molecule has 29 heavy (non-hydrogen) atoms. The van der Waals surface area contributed by atoms with Gasteiger partial charge in [0.15, 0.2) is 6.61 Å². The molecule has 1 amide bonds. The van der Waals surface area contributed by atoms with Crippen LogP contribution in [0.5, 0.6) is 5.75 Å². The number of nitrogens with one attached hydrogen (secondary N) is 1. The predicted molar refractivity (Wildman–Crippen MR) is 107 cm³/mol. The van der Waals surface area contributed by atoms with Crippen LogP contribution in [0.1, 0.15) is 30.1 Å². The Morgan fingerprint density at radius 3 is 2.52 bits per heavy atom. The number of nitrogens with zero attached hydrogens (tertiary/aromatic N) is 1. The smallest absolute Gasteiger partial charge is 0.344 e. The lowest BCUT2D eigenvalue weighted by Gasteiger charge is -2.31. The number of piperidine rings is 1. The zero-order chi connectivity index (χ0) is 21.4. The first-order valence-corrected chi connectivity index (χ1v) is 9.69. The SMILES string of the molecule is CCOC(=O)COC(=O)CN1CCC(NC(=O)c2cc(Cl)c(N)cc2OC)CC1. The fourth-order valence-electron chi connectivity index (χ4n) is 2.98.